The van der Waals surface area contributed by atoms with Crippen LogP contribution in [-0.4, -0.2) is 17.7 Å². The molecular weight excluding hydrogens is 492 g/mol. The van der Waals surface area contributed by atoms with E-state index in [-0.39, 0.29) is 16.4 Å². The number of anilines is 3. The van der Waals surface area contributed by atoms with Gasteiger partial charge in [0.15, 0.2) is 0 Å². The molecule has 10 heteroatoms. The fraction of sp³-hybridized carbons (Fsp3) is 0. The Balaban J connectivity index is 1.48. The van der Waals surface area contributed by atoms with E-state index in [1.54, 1.807) is 24.3 Å². The number of imide groups is 1. The molecule has 0 unspecified atom stereocenters. The number of carbonyl (C=O) groups is 3. The quantitative estimate of drug-likeness (QED) is 0.429. The van der Waals surface area contributed by atoms with Gasteiger partial charge in [0.2, 0.25) is 0 Å². The molecule has 0 bridgehead atoms. The van der Waals surface area contributed by atoms with Crippen LogP contribution in [0, 0.1) is 5.82 Å². The van der Waals surface area contributed by atoms with Gasteiger partial charge in [-0.2, -0.15) is 0 Å². The van der Waals surface area contributed by atoms with Gasteiger partial charge < -0.3 is 10.6 Å². The first kappa shape index (κ1) is 22.8. The number of nitrogens with zero attached hydrogens (tertiary/aromatic N) is 1. The molecule has 3 amide bonds. The predicted molar refractivity (Wildman–Crippen MR) is 126 cm³/mol. The van der Waals surface area contributed by atoms with E-state index in [4.69, 9.17) is 34.8 Å². The summed E-state index contributed by atoms with van der Waals surface area (Å²) in [6, 6.07) is 15.7. The first-order valence-electron chi connectivity index (χ1n) is 9.42. The van der Waals surface area contributed by atoms with Crippen LogP contribution in [0.1, 0.15) is 10.4 Å². The molecule has 1 aliphatic heterocycles. The Morgan fingerprint density at radius 3 is 2.15 bits per heavy atom. The van der Waals surface area contributed by atoms with Gasteiger partial charge in [-0.1, -0.05) is 34.8 Å². The van der Waals surface area contributed by atoms with Crippen molar-refractivity contribution in [3.05, 3.63) is 98.9 Å². The lowest BCUT2D eigenvalue weighted by molar-refractivity contribution is -0.120. The highest BCUT2D eigenvalue weighted by Gasteiger charge is 2.38. The number of benzene rings is 3. The third-order valence-electron chi connectivity index (χ3n) is 4.71. The molecule has 1 aliphatic rings. The number of carbonyl (C=O) groups excluding carboxylic acids is 3. The van der Waals surface area contributed by atoms with Gasteiger partial charge in [-0.3, -0.25) is 14.4 Å². The number of halogens is 4. The van der Waals surface area contributed by atoms with Gasteiger partial charge in [0.25, 0.3) is 17.7 Å². The first-order chi connectivity index (χ1) is 15.7. The average molecular weight is 505 g/mol. The summed E-state index contributed by atoms with van der Waals surface area (Å²) >= 11 is 18.0. The second-order valence-corrected chi connectivity index (χ2v) is 8.11. The second kappa shape index (κ2) is 9.23. The van der Waals surface area contributed by atoms with Crippen molar-refractivity contribution in [2.45, 2.75) is 0 Å². The van der Waals surface area contributed by atoms with Gasteiger partial charge in [0, 0.05) is 16.3 Å². The summed E-state index contributed by atoms with van der Waals surface area (Å²) in [5, 5.41) is 5.93. The van der Waals surface area contributed by atoms with E-state index in [2.05, 4.69) is 10.6 Å². The van der Waals surface area contributed by atoms with Crippen molar-refractivity contribution in [1.29, 1.82) is 0 Å². The third-order valence-corrected chi connectivity index (χ3v) is 5.61. The van der Waals surface area contributed by atoms with Crippen LogP contribution in [-0.2, 0) is 9.59 Å². The fourth-order valence-corrected chi connectivity index (χ4v) is 3.74. The molecule has 0 atom stereocenters. The zero-order valence-corrected chi connectivity index (χ0v) is 18.8. The SMILES string of the molecule is O=C(Nc1ccc(Cl)cc1Cl)c1ccc(NC2=C(Cl)C(=O)N(c3ccc(F)cc3)C2=O)cc1. The van der Waals surface area contributed by atoms with Crippen LogP contribution < -0.4 is 15.5 Å². The van der Waals surface area contributed by atoms with Crippen LogP contribution in [0.25, 0.3) is 0 Å². The van der Waals surface area contributed by atoms with Crippen LogP contribution in [0.2, 0.25) is 10.0 Å². The Labute approximate surface area is 202 Å². The van der Waals surface area contributed by atoms with Crippen molar-refractivity contribution >= 4 is 69.6 Å². The van der Waals surface area contributed by atoms with Crippen LogP contribution >= 0.6 is 34.8 Å². The van der Waals surface area contributed by atoms with Crippen molar-refractivity contribution < 1.29 is 18.8 Å². The third kappa shape index (κ3) is 4.71. The smallest absolute Gasteiger partial charge is 0.283 e. The minimum absolute atomic E-state index is 0.129. The zero-order chi connectivity index (χ0) is 23.7. The lowest BCUT2D eigenvalue weighted by atomic mass is 10.2. The first-order valence-corrected chi connectivity index (χ1v) is 10.6. The van der Waals surface area contributed by atoms with Crippen molar-refractivity contribution in [3.63, 3.8) is 0 Å². The standard InChI is InChI=1S/C23H13Cl3FN3O3/c24-13-3-10-18(17(25)11-13)29-21(31)12-1-6-15(7-2-12)28-20-19(26)22(32)30(23(20)33)16-8-4-14(27)5-9-16/h1-11,28H,(H,29,31). The molecule has 0 spiro atoms. The van der Waals surface area contributed by atoms with Gasteiger partial charge in [0.1, 0.15) is 16.5 Å². The minimum atomic E-state index is -0.730. The van der Waals surface area contributed by atoms with E-state index in [9.17, 15) is 18.8 Å². The molecule has 3 aromatic carbocycles. The molecule has 0 saturated heterocycles. The highest BCUT2D eigenvalue weighted by atomic mass is 35.5. The number of amides is 3. The summed E-state index contributed by atoms with van der Waals surface area (Å²) < 4.78 is 13.2. The summed E-state index contributed by atoms with van der Waals surface area (Å²) in [6.45, 7) is 0. The van der Waals surface area contributed by atoms with Gasteiger partial charge in [-0.05, 0) is 66.7 Å². The Morgan fingerprint density at radius 2 is 1.52 bits per heavy atom. The van der Waals surface area contributed by atoms with Gasteiger partial charge in [-0.15, -0.1) is 0 Å². The zero-order valence-electron chi connectivity index (χ0n) is 16.5. The largest absolute Gasteiger partial charge is 0.350 e. The number of hydrogen-bond donors (Lipinski definition) is 2. The van der Waals surface area contributed by atoms with E-state index in [1.165, 1.54) is 30.3 Å². The van der Waals surface area contributed by atoms with Crippen molar-refractivity contribution in [3.8, 4) is 0 Å². The Morgan fingerprint density at radius 1 is 0.848 bits per heavy atom. The number of hydrogen-bond acceptors (Lipinski definition) is 4. The lowest BCUT2D eigenvalue weighted by Crippen LogP contribution is -2.32. The molecular formula is C23H13Cl3FN3O3. The molecule has 0 saturated carbocycles. The highest BCUT2D eigenvalue weighted by Crippen LogP contribution is 2.30. The lowest BCUT2D eigenvalue weighted by Gasteiger charge is -2.15. The molecule has 3 aromatic rings. The topological polar surface area (TPSA) is 78.5 Å². The van der Waals surface area contributed by atoms with Crippen molar-refractivity contribution in [2.24, 2.45) is 0 Å². The van der Waals surface area contributed by atoms with Gasteiger partial charge in [0.05, 0.1) is 16.4 Å². The van der Waals surface area contributed by atoms with E-state index >= 15 is 0 Å². The Kier molecular flexibility index (Phi) is 6.37. The second-order valence-electron chi connectivity index (χ2n) is 6.89. The maximum Gasteiger partial charge on any atom is 0.283 e. The maximum atomic E-state index is 13.2. The number of nitrogens with one attached hydrogen (secondary N) is 2. The molecule has 0 aliphatic carbocycles. The summed E-state index contributed by atoms with van der Waals surface area (Å²) in [4.78, 5) is 38.6. The normalized spacial score (nSPS) is 13.5. The monoisotopic (exact) mass is 503 g/mol. The average Bonchev–Trinajstić information content (AvgIpc) is 3.00. The molecule has 4 rings (SSSR count). The molecule has 2 N–H and O–H groups in total. The van der Waals surface area contributed by atoms with Crippen molar-refractivity contribution in [2.75, 3.05) is 15.5 Å². The summed E-state index contributed by atoms with van der Waals surface area (Å²) in [5.74, 6) is -2.32. The summed E-state index contributed by atoms with van der Waals surface area (Å²) in [6.07, 6.45) is 0. The number of rotatable bonds is 5. The fourth-order valence-electron chi connectivity index (χ4n) is 3.07. The highest BCUT2D eigenvalue weighted by molar-refractivity contribution is 6.53. The Hall–Kier alpha value is -3.39. The van der Waals surface area contributed by atoms with Gasteiger partial charge in [-0.25, -0.2) is 9.29 Å². The van der Waals surface area contributed by atoms with Crippen LogP contribution in [0.15, 0.2) is 77.5 Å². The Bertz CT molecular complexity index is 1310. The van der Waals surface area contributed by atoms with E-state index in [0.717, 1.165) is 17.0 Å². The predicted octanol–water partition coefficient (Wildman–Crippen LogP) is 5.82. The molecule has 1 heterocycles. The molecule has 0 aromatic heterocycles. The van der Waals surface area contributed by atoms with E-state index in [1.807, 2.05) is 0 Å². The summed E-state index contributed by atoms with van der Waals surface area (Å²) in [5.41, 5.74) is 1.21. The van der Waals surface area contributed by atoms with E-state index < -0.39 is 23.5 Å². The molecule has 33 heavy (non-hydrogen) atoms. The van der Waals surface area contributed by atoms with Crippen molar-refractivity contribution in [1.82, 2.24) is 0 Å². The summed E-state index contributed by atoms with van der Waals surface area (Å²) in [7, 11) is 0. The minimum Gasteiger partial charge on any atom is -0.350 e. The molecule has 6 nitrogen and oxygen atoms in total. The van der Waals surface area contributed by atoms with E-state index in [0.29, 0.717) is 27.0 Å². The van der Waals surface area contributed by atoms with Crippen LogP contribution in [0.4, 0.5) is 21.5 Å². The molecule has 0 fully saturated rings. The van der Waals surface area contributed by atoms with Gasteiger partial charge >= 0.3 is 0 Å². The van der Waals surface area contributed by atoms with Crippen LogP contribution in [0.5, 0.6) is 0 Å². The van der Waals surface area contributed by atoms with Crippen LogP contribution in [0.3, 0.4) is 0 Å². The molecule has 166 valence electrons. The maximum absolute atomic E-state index is 13.2. The molecule has 0 radical (unpaired) electrons.